The molecule has 3 fully saturated rings. The fourth-order valence-electron chi connectivity index (χ4n) is 5.21. The number of aliphatic imine (C=N–C) groups is 2. The number of ether oxygens (including phenoxy) is 1. The maximum Gasteiger partial charge on any atom is 0.338 e. The third-order valence-electron chi connectivity index (χ3n) is 7.18. The summed E-state index contributed by atoms with van der Waals surface area (Å²) in [4.78, 5) is 23.0. The lowest BCUT2D eigenvalue weighted by Crippen LogP contribution is -2.41. The molecular formula is C25H43N3O2S. The van der Waals surface area contributed by atoms with E-state index < -0.39 is 6.04 Å². The summed E-state index contributed by atoms with van der Waals surface area (Å²) in [6.07, 6.45) is 19.8. The largest absolute Gasteiger partial charge is 0.391 e. The van der Waals surface area contributed by atoms with Gasteiger partial charge in [0, 0.05) is 11.8 Å². The number of rotatable bonds is 8. The maximum atomic E-state index is 13.2. The lowest BCUT2D eigenvalue weighted by Gasteiger charge is -2.26. The van der Waals surface area contributed by atoms with Crippen molar-refractivity contribution in [2.75, 3.05) is 12.0 Å². The van der Waals surface area contributed by atoms with Gasteiger partial charge in [0.15, 0.2) is 0 Å². The Kier molecular flexibility index (Phi) is 10.7. The van der Waals surface area contributed by atoms with Crippen LogP contribution in [0.25, 0.3) is 0 Å². The zero-order valence-corrected chi connectivity index (χ0v) is 20.6. The summed E-state index contributed by atoms with van der Waals surface area (Å²) in [5.41, 5.74) is 1.13. The molecule has 0 amide bonds. The summed E-state index contributed by atoms with van der Waals surface area (Å²) >= 11 is 1.76. The zero-order chi connectivity index (χ0) is 21.9. The van der Waals surface area contributed by atoms with Crippen molar-refractivity contribution in [3.8, 4) is 0 Å². The van der Waals surface area contributed by atoms with Gasteiger partial charge in [-0.05, 0) is 69.8 Å². The number of hydrogen-bond donors (Lipinski definition) is 1. The molecule has 0 aliphatic heterocycles. The smallest absolute Gasteiger partial charge is 0.338 e. The Hall–Kier alpha value is -1.04. The molecule has 0 heterocycles. The van der Waals surface area contributed by atoms with E-state index in [1.807, 2.05) is 0 Å². The molecule has 1 N–H and O–H groups in total. The molecular weight excluding hydrogens is 406 g/mol. The minimum absolute atomic E-state index is 0.232. The molecule has 0 unspecified atom stereocenters. The van der Waals surface area contributed by atoms with Crippen LogP contribution < -0.4 is 5.32 Å². The van der Waals surface area contributed by atoms with Gasteiger partial charge in [0.25, 0.3) is 6.02 Å². The van der Waals surface area contributed by atoms with E-state index in [0.29, 0.717) is 18.0 Å². The summed E-state index contributed by atoms with van der Waals surface area (Å²) in [7, 11) is 0. The van der Waals surface area contributed by atoms with Crippen molar-refractivity contribution in [1.82, 2.24) is 5.32 Å². The van der Waals surface area contributed by atoms with Gasteiger partial charge in [0.2, 0.25) is 0 Å². The highest BCUT2D eigenvalue weighted by Crippen LogP contribution is 2.27. The number of hydrogen-bond acceptors (Lipinski definition) is 5. The standard InChI is InChI=1S/C25H43N3O2S/c1-19(20-11-9-10-12-20)26-23(17-18-31-2)24(29)30-25(27-21-13-5-3-6-14-21)28-22-15-7-4-8-16-22/h20-23H,3-18H2,1-2H3,(H,27,28)/b26-19-/t23-/m0/s1. The van der Waals surface area contributed by atoms with Gasteiger partial charge < -0.3 is 10.1 Å². The van der Waals surface area contributed by atoms with E-state index in [4.69, 9.17) is 14.7 Å². The Morgan fingerprint density at radius 1 is 0.968 bits per heavy atom. The number of esters is 1. The maximum absolute atomic E-state index is 13.2. The van der Waals surface area contributed by atoms with Crippen LogP contribution in [0.15, 0.2) is 9.98 Å². The van der Waals surface area contributed by atoms with Crippen molar-refractivity contribution >= 4 is 29.5 Å². The number of carbonyl (C=O) groups is 1. The van der Waals surface area contributed by atoms with Crippen molar-refractivity contribution in [1.29, 1.82) is 0 Å². The van der Waals surface area contributed by atoms with E-state index in [9.17, 15) is 4.79 Å². The lowest BCUT2D eigenvalue weighted by molar-refractivity contribution is -0.137. The molecule has 0 radical (unpaired) electrons. The molecule has 0 saturated heterocycles. The molecule has 0 spiro atoms. The predicted octanol–water partition coefficient (Wildman–Crippen LogP) is 5.91. The van der Waals surface area contributed by atoms with Crippen LogP contribution in [0.5, 0.6) is 0 Å². The second-order valence-electron chi connectivity index (χ2n) is 9.68. The van der Waals surface area contributed by atoms with Crippen molar-refractivity contribution in [3.63, 3.8) is 0 Å². The second-order valence-corrected chi connectivity index (χ2v) is 10.7. The molecule has 3 aliphatic rings. The molecule has 0 bridgehead atoms. The molecule has 5 nitrogen and oxygen atoms in total. The van der Waals surface area contributed by atoms with Crippen LogP contribution in [0.4, 0.5) is 0 Å². The summed E-state index contributed by atoms with van der Waals surface area (Å²) in [5.74, 6) is 1.22. The van der Waals surface area contributed by atoms with Gasteiger partial charge in [-0.25, -0.2) is 9.79 Å². The first-order valence-corrected chi connectivity index (χ1v) is 14.1. The first-order chi connectivity index (χ1) is 15.2. The van der Waals surface area contributed by atoms with E-state index in [-0.39, 0.29) is 12.0 Å². The average molecular weight is 450 g/mol. The molecule has 3 rings (SSSR count). The average Bonchev–Trinajstić information content (AvgIpc) is 3.33. The fourth-order valence-corrected chi connectivity index (χ4v) is 5.67. The number of amidine groups is 1. The predicted molar refractivity (Wildman–Crippen MR) is 132 cm³/mol. The van der Waals surface area contributed by atoms with Gasteiger partial charge in [-0.3, -0.25) is 4.99 Å². The van der Waals surface area contributed by atoms with E-state index in [1.165, 1.54) is 64.2 Å². The van der Waals surface area contributed by atoms with Crippen LogP contribution in [0.3, 0.4) is 0 Å². The quantitative estimate of drug-likeness (QED) is 0.284. The first kappa shape index (κ1) is 24.6. The molecule has 31 heavy (non-hydrogen) atoms. The molecule has 3 aliphatic carbocycles. The lowest BCUT2D eigenvalue weighted by atomic mass is 9.95. The van der Waals surface area contributed by atoms with Crippen LogP contribution in [-0.4, -0.2) is 47.8 Å². The van der Waals surface area contributed by atoms with Gasteiger partial charge in [0.05, 0.1) is 6.04 Å². The van der Waals surface area contributed by atoms with Gasteiger partial charge in [0.1, 0.15) is 6.04 Å². The molecule has 0 aromatic carbocycles. The highest BCUT2D eigenvalue weighted by molar-refractivity contribution is 7.98. The van der Waals surface area contributed by atoms with Gasteiger partial charge in [-0.15, -0.1) is 0 Å². The molecule has 0 aromatic rings. The van der Waals surface area contributed by atoms with E-state index in [2.05, 4.69) is 18.5 Å². The summed E-state index contributed by atoms with van der Waals surface area (Å²) < 4.78 is 5.96. The van der Waals surface area contributed by atoms with Crippen LogP contribution in [0, 0.1) is 5.92 Å². The minimum Gasteiger partial charge on any atom is -0.391 e. The molecule has 6 heteroatoms. The Morgan fingerprint density at radius 3 is 2.23 bits per heavy atom. The van der Waals surface area contributed by atoms with Crippen molar-refractivity contribution < 1.29 is 9.53 Å². The molecule has 1 atom stereocenters. The van der Waals surface area contributed by atoms with Crippen molar-refractivity contribution in [2.45, 2.75) is 121 Å². The highest BCUT2D eigenvalue weighted by atomic mass is 32.2. The third kappa shape index (κ3) is 8.43. The van der Waals surface area contributed by atoms with Gasteiger partial charge >= 0.3 is 5.97 Å². The van der Waals surface area contributed by atoms with Crippen molar-refractivity contribution in [2.24, 2.45) is 15.9 Å². The molecule has 176 valence electrons. The van der Waals surface area contributed by atoms with Crippen LogP contribution in [0.2, 0.25) is 0 Å². The summed E-state index contributed by atoms with van der Waals surface area (Å²) in [5, 5.41) is 3.51. The van der Waals surface area contributed by atoms with Gasteiger partial charge in [-0.1, -0.05) is 51.4 Å². The zero-order valence-electron chi connectivity index (χ0n) is 19.7. The molecule has 3 saturated carbocycles. The third-order valence-corrected chi connectivity index (χ3v) is 7.82. The van der Waals surface area contributed by atoms with E-state index >= 15 is 0 Å². The Bertz CT molecular complexity index is 604. The number of carbonyl (C=O) groups excluding carboxylic acids is 1. The fraction of sp³-hybridized carbons (Fsp3) is 0.880. The van der Waals surface area contributed by atoms with Crippen LogP contribution in [-0.2, 0) is 9.53 Å². The Labute approximate surface area is 193 Å². The number of nitrogens with one attached hydrogen (secondary N) is 1. The van der Waals surface area contributed by atoms with Gasteiger partial charge in [-0.2, -0.15) is 11.8 Å². The topological polar surface area (TPSA) is 63.0 Å². The highest BCUT2D eigenvalue weighted by Gasteiger charge is 2.26. The molecule has 0 aromatic heterocycles. The first-order valence-electron chi connectivity index (χ1n) is 12.7. The van der Waals surface area contributed by atoms with E-state index in [0.717, 1.165) is 43.6 Å². The minimum atomic E-state index is -0.419. The number of thioether (sulfide) groups is 1. The SMILES string of the molecule is CSCC[C@H](/N=C(/C)C1CCCC1)C(=O)O/C(=N\C1CCCCC1)NC1CCCCC1. The Balaban J connectivity index is 1.69. The Morgan fingerprint density at radius 2 is 1.58 bits per heavy atom. The van der Waals surface area contributed by atoms with Crippen molar-refractivity contribution in [3.05, 3.63) is 0 Å². The number of nitrogens with zero attached hydrogens (tertiary/aromatic N) is 2. The normalized spacial score (nSPS) is 23.7. The van der Waals surface area contributed by atoms with Crippen LogP contribution >= 0.6 is 11.8 Å². The van der Waals surface area contributed by atoms with Crippen LogP contribution in [0.1, 0.15) is 103 Å². The summed E-state index contributed by atoms with van der Waals surface area (Å²) in [6.45, 7) is 2.10. The second kappa shape index (κ2) is 13.5. The van der Waals surface area contributed by atoms with E-state index in [1.54, 1.807) is 11.8 Å². The summed E-state index contributed by atoms with van der Waals surface area (Å²) in [6, 6.07) is 0.697. The monoisotopic (exact) mass is 449 g/mol.